The van der Waals surface area contributed by atoms with E-state index in [2.05, 4.69) is 9.97 Å². The highest BCUT2D eigenvalue weighted by molar-refractivity contribution is 7.91. The molecule has 1 aliphatic heterocycles. The fourth-order valence-corrected chi connectivity index (χ4v) is 4.66. The van der Waals surface area contributed by atoms with Gasteiger partial charge in [0.25, 0.3) is 5.91 Å². The number of amides is 1. The summed E-state index contributed by atoms with van der Waals surface area (Å²) in [5, 5.41) is 0. The molecule has 0 bridgehead atoms. The number of nitrogens with one attached hydrogen (secondary N) is 1. The molecule has 8 heteroatoms. The van der Waals surface area contributed by atoms with E-state index in [1.165, 1.54) is 11.0 Å². The lowest BCUT2D eigenvalue weighted by atomic mass is 10.1. The minimum Gasteiger partial charge on any atom is -0.336 e. The number of hydrogen-bond acceptors (Lipinski definition) is 5. The van der Waals surface area contributed by atoms with Crippen LogP contribution in [0.5, 0.6) is 0 Å². The molecule has 25 heavy (non-hydrogen) atoms. The van der Waals surface area contributed by atoms with E-state index < -0.39 is 21.4 Å². The molecule has 1 amide bonds. The van der Waals surface area contributed by atoms with E-state index >= 15 is 0 Å². The van der Waals surface area contributed by atoms with Crippen LogP contribution in [-0.4, -0.2) is 53.8 Å². The Balaban J connectivity index is 1.90. The lowest BCUT2D eigenvalue weighted by Gasteiger charge is -2.23. The normalized spacial score (nSPS) is 18.9. The molecule has 3 rings (SSSR count). The number of benzene rings is 1. The molecule has 0 aliphatic carbocycles. The van der Waals surface area contributed by atoms with Crippen LogP contribution in [0.1, 0.15) is 22.5 Å². The molecule has 1 saturated heterocycles. The molecule has 2 heterocycles. The Kier molecular flexibility index (Phi) is 4.47. The fraction of sp³-hybridized carbons (Fsp3) is 0.353. The third-order valence-electron chi connectivity index (χ3n) is 4.40. The molecule has 7 nitrogen and oxygen atoms in total. The van der Waals surface area contributed by atoms with Gasteiger partial charge >= 0.3 is 5.69 Å². The first kappa shape index (κ1) is 17.3. The number of hydrogen-bond donors (Lipinski definition) is 1. The van der Waals surface area contributed by atoms with Gasteiger partial charge in [0.1, 0.15) is 5.69 Å². The number of rotatable bonds is 3. The zero-order valence-corrected chi connectivity index (χ0v) is 14.8. The molecule has 132 valence electrons. The van der Waals surface area contributed by atoms with Crippen LogP contribution >= 0.6 is 0 Å². The van der Waals surface area contributed by atoms with Crippen LogP contribution in [0.4, 0.5) is 0 Å². The quantitative estimate of drug-likeness (QED) is 0.879. The molecule has 2 aromatic rings. The average molecular weight is 361 g/mol. The molecule has 0 spiro atoms. The van der Waals surface area contributed by atoms with Crippen molar-refractivity contribution in [3.05, 3.63) is 52.1 Å². The van der Waals surface area contributed by atoms with Gasteiger partial charge < -0.3 is 9.88 Å². The Labute approximate surface area is 145 Å². The van der Waals surface area contributed by atoms with E-state index in [-0.39, 0.29) is 23.2 Å². The summed E-state index contributed by atoms with van der Waals surface area (Å²) in [6.45, 7) is 1.95. The molecule has 1 aliphatic rings. The Bertz CT molecular complexity index is 964. The van der Waals surface area contributed by atoms with Gasteiger partial charge in [-0.15, -0.1) is 0 Å². The number of carbonyl (C=O) groups excluding carboxylic acids is 1. The maximum absolute atomic E-state index is 12.7. The van der Waals surface area contributed by atoms with Gasteiger partial charge in [0.15, 0.2) is 9.84 Å². The van der Waals surface area contributed by atoms with Crippen molar-refractivity contribution in [2.45, 2.75) is 19.4 Å². The van der Waals surface area contributed by atoms with Crippen molar-refractivity contribution in [1.29, 1.82) is 0 Å². The summed E-state index contributed by atoms with van der Waals surface area (Å²) in [4.78, 5) is 32.3. The van der Waals surface area contributed by atoms with Crippen molar-refractivity contribution in [1.82, 2.24) is 14.9 Å². The van der Waals surface area contributed by atoms with Crippen LogP contribution in [0, 0.1) is 6.92 Å². The number of carbonyl (C=O) groups is 1. The van der Waals surface area contributed by atoms with E-state index in [1.807, 2.05) is 31.2 Å². The van der Waals surface area contributed by atoms with E-state index in [9.17, 15) is 18.0 Å². The Morgan fingerprint density at radius 2 is 1.96 bits per heavy atom. The number of aryl methyl sites for hydroxylation is 1. The van der Waals surface area contributed by atoms with Crippen molar-refractivity contribution in [2.24, 2.45) is 0 Å². The number of H-pyrrole nitrogens is 1. The van der Waals surface area contributed by atoms with Crippen LogP contribution < -0.4 is 5.69 Å². The Morgan fingerprint density at radius 1 is 1.28 bits per heavy atom. The third-order valence-corrected chi connectivity index (χ3v) is 6.15. The van der Waals surface area contributed by atoms with Crippen molar-refractivity contribution in [3.63, 3.8) is 0 Å². The number of aromatic nitrogens is 2. The van der Waals surface area contributed by atoms with Crippen molar-refractivity contribution >= 4 is 15.7 Å². The number of aromatic amines is 1. The molecule has 1 unspecified atom stereocenters. The van der Waals surface area contributed by atoms with Gasteiger partial charge in [-0.2, -0.15) is 4.98 Å². The first-order valence-corrected chi connectivity index (χ1v) is 9.73. The average Bonchev–Trinajstić information content (AvgIpc) is 2.93. The van der Waals surface area contributed by atoms with Gasteiger partial charge in [-0.25, -0.2) is 13.2 Å². The second kappa shape index (κ2) is 6.44. The zero-order chi connectivity index (χ0) is 18.2. The van der Waals surface area contributed by atoms with Crippen LogP contribution in [0.15, 0.2) is 35.1 Å². The van der Waals surface area contributed by atoms with E-state index in [1.54, 1.807) is 7.05 Å². The highest BCUT2D eigenvalue weighted by Gasteiger charge is 2.33. The number of sulfone groups is 1. The lowest BCUT2D eigenvalue weighted by Crippen LogP contribution is -2.39. The Morgan fingerprint density at radius 3 is 2.56 bits per heavy atom. The molecule has 1 aromatic heterocycles. The SMILES string of the molecule is Cc1ccc(-c2cc(C(=O)N(C)C3CCS(=O)(=O)C3)[nH]c(=O)n2)cc1. The standard InChI is InChI=1S/C17H19N3O4S/c1-11-3-5-12(6-4-11)14-9-15(19-17(22)18-14)16(21)20(2)13-7-8-25(23,24)10-13/h3-6,9,13H,7-8,10H2,1-2H3,(H,18,19,22). The zero-order valence-electron chi connectivity index (χ0n) is 14.0. The van der Waals surface area contributed by atoms with Crippen LogP contribution in [0.2, 0.25) is 0 Å². The molecule has 1 atom stereocenters. The minimum atomic E-state index is -3.10. The van der Waals surface area contributed by atoms with Crippen LogP contribution in [0.3, 0.4) is 0 Å². The van der Waals surface area contributed by atoms with Gasteiger partial charge in [-0.1, -0.05) is 29.8 Å². The fourth-order valence-electron chi connectivity index (χ4n) is 2.88. The first-order chi connectivity index (χ1) is 11.7. The van der Waals surface area contributed by atoms with E-state index in [0.29, 0.717) is 12.1 Å². The van der Waals surface area contributed by atoms with Gasteiger partial charge in [0, 0.05) is 18.7 Å². The van der Waals surface area contributed by atoms with E-state index in [4.69, 9.17) is 0 Å². The monoisotopic (exact) mass is 361 g/mol. The highest BCUT2D eigenvalue weighted by Crippen LogP contribution is 2.20. The second-order valence-electron chi connectivity index (χ2n) is 6.32. The van der Waals surface area contributed by atoms with Gasteiger partial charge in [-0.3, -0.25) is 4.79 Å². The number of nitrogens with zero attached hydrogens (tertiary/aromatic N) is 2. The molecular formula is C17H19N3O4S. The highest BCUT2D eigenvalue weighted by atomic mass is 32.2. The Hall–Kier alpha value is -2.48. The van der Waals surface area contributed by atoms with Crippen LogP contribution in [-0.2, 0) is 9.84 Å². The molecule has 1 fully saturated rings. The largest absolute Gasteiger partial charge is 0.346 e. The van der Waals surface area contributed by atoms with E-state index in [0.717, 1.165) is 11.1 Å². The van der Waals surface area contributed by atoms with Crippen molar-refractivity contribution in [2.75, 3.05) is 18.6 Å². The molecule has 0 saturated carbocycles. The summed E-state index contributed by atoms with van der Waals surface area (Å²) < 4.78 is 23.2. The lowest BCUT2D eigenvalue weighted by molar-refractivity contribution is 0.0741. The predicted octanol–water partition coefficient (Wildman–Crippen LogP) is 1.00. The predicted molar refractivity (Wildman–Crippen MR) is 94.2 cm³/mol. The summed E-state index contributed by atoms with van der Waals surface area (Å²) in [6, 6.07) is 8.60. The van der Waals surface area contributed by atoms with Crippen molar-refractivity contribution in [3.8, 4) is 11.3 Å². The topological polar surface area (TPSA) is 100 Å². The maximum Gasteiger partial charge on any atom is 0.346 e. The molecule has 1 aromatic carbocycles. The summed E-state index contributed by atoms with van der Waals surface area (Å²) in [7, 11) is -1.54. The minimum absolute atomic E-state index is 0.0463. The third kappa shape index (κ3) is 3.79. The molecular weight excluding hydrogens is 342 g/mol. The van der Waals surface area contributed by atoms with Gasteiger partial charge in [-0.05, 0) is 19.4 Å². The summed E-state index contributed by atoms with van der Waals surface area (Å²) in [5.41, 5.74) is 1.69. The molecule has 1 N–H and O–H groups in total. The second-order valence-corrected chi connectivity index (χ2v) is 8.55. The smallest absolute Gasteiger partial charge is 0.336 e. The first-order valence-electron chi connectivity index (χ1n) is 7.91. The van der Waals surface area contributed by atoms with Crippen LogP contribution in [0.25, 0.3) is 11.3 Å². The maximum atomic E-state index is 12.7. The summed E-state index contributed by atoms with van der Waals surface area (Å²) in [5.74, 6) is -0.387. The van der Waals surface area contributed by atoms with Gasteiger partial charge in [0.05, 0.1) is 17.2 Å². The summed E-state index contributed by atoms with van der Waals surface area (Å²) in [6.07, 6.45) is 0.407. The molecule has 0 radical (unpaired) electrons. The van der Waals surface area contributed by atoms with Gasteiger partial charge in [0.2, 0.25) is 0 Å². The summed E-state index contributed by atoms with van der Waals surface area (Å²) >= 11 is 0. The van der Waals surface area contributed by atoms with Crippen molar-refractivity contribution < 1.29 is 13.2 Å².